The van der Waals surface area contributed by atoms with Crippen molar-refractivity contribution < 1.29 is 4.43 Å². The number of hydrogen-bond acceptors (Lipinski definition) is 1. The van der Waals surface area contributed by atoms with Crippen molar-refractivity contribution in [1.82, 2.24) is 0 Å². The molecule has 1 atom stereocenters. The Labute approximate surface area is 97.0 Å². The van der Waals surface area contributed by atoms with E-state index in [1.54, 1.807) is 0 Å². The Morgan fingerprint density at radius 2 is 1.73 bits per heavy atom. The summed E-state index contributed by atoms with van der Waals surface area (Å²) in [6, 6.07) is 0. The van der Waals surface area contributed by atoms with Crippen LogP contribution < -0.4 is 0 Å². The Morgan fingerprint density at radius 3 is 2.07 bits per heavy atom. The van der Waals surface area contributed by atoms with Crippen LogP contribution in [0, 0.1) is 5.92 Å². The van der Waals surface area contributed by atoms with Crippen molar-refractivity contribution in [2.75, 3.05) is 6.61 Å². The highest BCUT2D eigenvalue weighted by Crippen LogP contribution is 2.36. The summed E-state index contributed by atoms with van der Waals surface area (Å²) >= 11 is 0. The lowest BCUT2D eigenvalue weighted by Crippen LogP contribution is -2.41. The molecule has 0 fully saturated rings. The average Bonchev–Trinajstić information content (AvgIpc) is 1.97. The van der Waals surface area contributed by atoms with Crippen molar-refractivity contribution in [3.63, 3.8) is 0 Å². The first kappa shape index (κ1) is 14.9. The highest BCUT2D eigenvalue weighted by atomic mass is 28.4. The van der Waals surface area contributed by atoms with Gasteiger partial charge in [0, 0.05) is 6.61 Å². The second-order valence-electron chi connectivity index (χ2n) is 6.29. The summed E-state index contributed by atoms with van der Waals surface area (Å²) in [5, 5.41) is 0.317. The predicted molar refractivity (Wildman–Crippen MR) is 71.7 cm³/mol. The Kier molecular flexibility index (Phi) is 5.28. The average molecular weight is 228 g/mol. The van der Waals surface area contributed by atoms with Crippen LogP contribution in [0.2, 0.25) is 18.1 Å². The van der Waals surface area contributed by atoms with Gasteiger partial charge < -0.3 is 4.43 Å². The molecule has 0 saturated carbocycles. The van der Waals surface area contributed by atoms with Gasteiger partial charge in [-0.2, -0.15) is 0 Å². The van der Waals surface area contributed by atoms with Gasteiger partial charge in [0.05, 0.1) is 0 Å². The summed E-state index contributed by atoms with van der Waals surface area (Å²) in [7, 11) is -1.55. The van der Waals surface area contributed by atoms with Crippen LogP contribution in [0.3, 0.4) is 0 Å². The summed E-state index contributed by atoms with van der Waals surface area (Å²) in [6.07, 6.45) is 2.28. The molecular weight excluding hydrogens is 200 g/mol. The van der Waals surface area contributed by atoms with E-state index in [0.29, 0.717) is 11.0 Å². The van der Waals surface area contributed by atoms with Gasteiger partial charge in [0.2, 0.25) is 0 Å². The van der Waals surface area contributed by atoms with E-state index >= 15 is 0 Å². The van der Waals surface area contributed by atoms with Crippen molar-refractivity contribution in [3.8, 4) is 0 Å². The molecule has 0 radical (unpaired) electrons. The molecule has 0 aromatic heterocycles. The van der Waals surface area contributed by atoms with Gasteiger partial charge in [0.25, 0.3) is 0 Å². The molecule has 2 heteroatoms. The normalized spacial score (nSPS) is 14.9. The summed E-state index contributed by atoms with van der Waals surface area (Å²) in [4.78, 5) is 0. The molecule has 0 aliphatic carbocycles. The van der Waals surface area contributed by atoms with Gasteiger partial charge in [0.15, 0.2) is 8.32 Å². The Hall–Kier alpha value is -0.0831. The molecule has 90 valence electrons. The zero-order chi connectivity index (χ0) is 12.3. The fraction of sp³-hybridized carbons (Fsp3) is 0.846. The molecule has 1 nitrogen and oxygen atoms in total. The van der Waals surface area contributed by atoms with E-state index in [2.05, 4.69) is 60.7 Å². The fourth-order valence-electron chi connectivity index (χ4n) is 1.17. The lowest BCUT2D eigenvalue weighted by molar-refractivity contribution is 0.259. The molecule has 0 heterocycles. The van der Waals surface area contributed by atoms with Crippen molar-refractivity contribution in [2.24, 2.45) is 5.92 Å². The maximum absolute atomic E-state index is 6.15. The van der Waals surface area contributed by atoms with Gasteiger partial charge in [0.1, 0.15) is 0 Å². The smallest absolute Gasteiger partial charge is 0.192 e. The Bertz CT molecular complexity index is 219. The lowest BCUT2D eigenvalue weighted by Gasteiger charge is -2.36. The van der Waals surface area contributed by atoms with Gasteiger partial charge in [-0.1, -0.05) is 39.3 Å². The summed E-state index contributed by atoms with van der Waals surface area (Å²) in [6.45, 7) is 18.8. The Balaban J connectivity index is 4.22. The van der Waals surface area contributed by atoms with Crippen LogP contribution in [-0.4, -0.2) is 14.9 Å². The van der Waals surface area contributed by atoms with Crippen LogP contribution in [0.25, 0.3) is 0 Å². The molecule has 0 N–H and O–H groups in total. The molecule has 0 aliphatic rings. The minimum Gasteiger partial charge on any atom is -0.416 e. The molecule has 0 saturated heterocycles. The lowest BCUT2D eigenvalue weighted by atomic mass is 10.1. The van der Waals surface area contributed by atoms with Gasteiger partial charge >= 0.3 is 0 Å². The molecule has 0 amide bonds. The van der Waals surface area contributed by atoms with E-state index in [-0.39, 0.29) is 0 Å². The van der Waals surface area contributed by atoms with Gasteiger partial charge in [-0.05, 0) is 37.9 Å². The quantitative estimate of drug-likeness (QED) is 0.504. The first-order valence-electron chi connectivity index (χ1n) is 5.85. The molecule has 0 unspecified atom stereocenters. The third-order valence-corrected chi connectivity index (χ3v) is 7.63. The zero-order valence-corrected chi connectivity index (χ0v) is 12.8. The third-order valence-electron chi connectivity index (χ3n) is 3.13. The first-order valence-corrected chi connectivity index (χ1v) is 8.76. The number of hydrogen-bond donors (Lipinski definition) is 0. The van der Waals surface area contributed by atoms with Crippen molar-refractivity contribution >= 4 is 8.32 Å². The summed E-state index contributed by atoms with van der Waals surface area (Å²) in [5.41, 5.74) is 1.38. The molecular formula is C13H28OSi. The van der Waals surface area contributed by atoms with E-state index in [1.807, 2.05) is 0 Å². The predicted octanol–water partition coefficient (Wildman–Crippen LogP) is 4.61. The second kappa shape index (κ2) is 5.31. The molecule has 0 aromatic carbocycles. The number of allylic oxidation sites excluding steroid dienone is 1. The summed E-state index contributed by atoms with van der Waals surface area (Å²) < 4.78 is 6.15. The summed E-state index contributed by atoms with van der Waals surface area (Å²) in [5.74, 6) is 0.532. The molecule has 15 heavy (non-hydrogen) atoms. The maximum Gasteiger partial charge on any atom is 0.192 e. The van der Waals surface area contributed by atoms with Crippen LogP contribution in [0.5, 0.6) is 0 Å². The monoisotopic (exact) mass is 228 g/mol. The van der Waals surface area contributed by atoms with Crippen LogP contribution in [-0.2, 0) is 4.43 Å². The minimum atomic E-state index is -1.55. The SMILES string of the molecule is CC(C)=C[C@H](C)CO[Si](C)(C)C(C)(C)C. The molecule has 0 bridgehead atoms. The standard InChI is InChI=1S/C13H28OSi/c1-11(2)9-12(3)10-14-15(7,8)13(4,5)6/h9,12H,10H2,1-8H3/t12-/m0/s1. The van der Waals surface area contributed by atoms with Crippen LogP contribution in [0.4, 0.5) is 0 Å². The van der Waals surface area contributed by atoms with E-state index in [1.165, 1.54) is 5.57 Å². The number of rotatable bonds is 4. The van der Waals surface area contributed by atoms with Gasteiger partial charge in [-0.15, -0.1) is 0 Å². The van der Waals surface area contributed by atoms with E-state index in [0.717, 1.165) is 6.61 Å². The van der Waals surface area contributed by atoms with Crippen LogP contribution in [0.15, 0.2) is 11.6 Å². The van der Waals surface area contributed by atoms with E-state index in [4.69, 9.17) is 4.43 Å². The molecule has 0 aliphatic heterocycles. The maximum atomic E-state index is 6.15. The topological polar surface area (TPSA) is 9.23 Å². The van der Waals surface area contributed by atoms with Crippen molar-refractivity contribution in [3.05, 3.63) is 11.6 Å². The van der Waals surface area contributed by atoms with E-state index < -0.39 is 8.32 Å². The molecule has 0 aromatic rings. The van der Waals surface area contributed by atoms with Crippen molar-refractivity contribution in [2.45, 2.75) is 59.7 Å². The van der Waals surface area contributed by atoms with Crippen LogP contribution in [0.1, 0.15) is 41.5 Å². The largest absolute Gasteiger partial charge is 0.416 e. The fourth-order valence-corrected chi connectivity index (χ4v) is 2.29. The van der Waals surface area contributed by atoms with E-state index in [9.17, 15) is 0 Å². The minimum absolute atomic E-state index is 0.317. The molecule has 0 spiro atoms. The van der Waals surface area contributed by atoms with Gasteiger partial charge in [-0.3, -0.25) is 0 Å². The zero-order valence-electron chi connectivity index (χ0n) is 11.8. The van der Waals surface area contributed by atoms with Crippen LogP contribution >= 0.6 is 0 Å². The second-order valence-corrected chi connectivity index (χ2v) is 11.1. The highest BCUT2D eigenvalue weighted by Gasteiger charge is 2.37. The Morgan fingerprint density at radius 1 is 1.27 bits per heavy atom. The van der Waals surface area contributed by atoms with Gasteiger partial charge in [-0.25, -0.2) is 0 Å². The first-order chi connectivity index (χ1) is 6.56. The van der Waals surface area contributed by atoms with Crippen molar-refractivity contribution in [1.29, 1.82) is 0 Å². The molecule has 0 rings (SSSR count). The third kappa shape index (κ3) is 5.52. The highest BCUT2D eigenvalue weighted by molar-refractivity contribution is 6.74.